The van der Waals surface area contributed by atoms with E-state index in [1.54, 1.807) is 0 Å². The van der Waals surface area contributed by atoms with Gasteiger partial charge in [-0.15, -0.1) is 0 Å². The quantitative estimate of drug-likeness (QED) is 0.747. The molecule has 1 heterocycles. The second-order valence-corrected chi connectivity index (χ2v) is 5.61. The van der Waals surface area contributed by atoms with Crippen LogP contribution in [0.5, 0.6) is 0 Å². The van der Waals surface area contributed by atoms with E-state index < -0.39 is 0 Å². The Kier molecular flexibility index (Phi) is 4.39. The lowest BCUT2D eigenvalue weighted by Gasteiger charge is -2.37. The van der Waals surface area contributed by atoms with Crippen LogP contribution in [0.25, 0.3) is 0 Å². The number of nitrogens with zero attached hydrogens (tertiary/aromatic N) is 1. The fourth-order valence-corrected chi connectivity index (χ4v) is 1.98. The molecule has 0 amide bonds. The summed E-state index contributed by atoms with van der Waals surface area (Å²) < 4.78 is 0. The maximum absolute atomic E-state index is 3.47. The lowest BCUT2D eigenvalue weighted by Crippen LogP contribution is -2.51. The monoisotopic (exact) mass is 198 g/mol. The van der Waals surface area contributed by atoms with Gasteiger partial charge in [0.05, 0.1) is 0 Å². The first kappa shape index (κ1) is 12.0. The Hall–Kier alpha value is -0.0800. The smallest absolute Gasteiger partial charge is 0.0218 e. The van der Waals surface area contributed by atoms with Crippen LogP contribution in [0, 0.1) is 5.41 Å². The summed E-state index contributed by atoms with van der Waals surface area (Å²) in [6.45, 7) is 14.1. The molecule has 0 spiro atoms. The number of nitrogens with one attached hydrogen (secondary N) is 1. The molecule has 0 aromatic heterocycles. The van der Waals surface area contributed by atoms with E-state index in [0.29, 0.717) is 5.41 Å². The first-order valence-electron chi connectivity index (χ1n) is 5.97. The van der Waals surface area contributed by atoms with Gasteiger partial charge in [0.25, 0.3) is 0 Å². The zero-order valence-corrected chi connectivity index (χ0v) is 10.3. The third kappa shape index (κ3) is 3.97. The molecule has 0 saturated carbocycles. The molecule has 1 rings (SSSR count). The zero-order chi connectivity index (χ0) is 10.6. The Morgan fingerprint density at radius 3 is 2.64 bits per heavy atom. The van der Waals surface area contributed by atoms with Crippen LogP contribution in [-0.4, -0.2) is 37.1 Å². The van der Waals surface area contributed by atoms with E-state index in [4.69, 9.17) is 0 Å². The highest BCUT2D eigenvalue weighted by Gasteiger charge is 2.21. The zero-order valence-electron chi connectivity index (χ0n) is 10.3. The molecule has 1 saturated heterocycles. The maximum atomic E-state index is 3.47. The lowest BCUT2D eigenvalue weighted by atomic mass is 9.91. The van der Waals surface area contributed by atoms with Gasteiger partial charge in [0.15, 0.2) is 0 Å². The van der Waals surface area contributed by atoms with Gasteiger partial charge < -0.3 is 5.32 Å². The van der Waals surface area contributed by atoms with E-state index in [9.17, 15) is 0 Å². The van der Waals surface area contributed by atoms with E-state index in [-0.39, 0.29) is 0 Å². The normalized spacial score (nSPS) is 25.3. The fourth-order valence-electron chi connectivity index (χ4n) is 1.98. The molecule has 1 unspecified atom stereocenters. The summed E-state index contributed by atoms with van der Waals surface area (Å²) in [5.74, 6) is 0. The predicted octanol–water partition coefficient (Wildman–Crippen LogP) is 2.11. The van der Waals surface area contributed by atoms with Crippen LogP contribution in [0.15, 0.2) is 0 Å². The average Bonchev–Trinajstić information content (AvgIpc) is 2.14. The molecule has 0 aliphatic carbocycles. The number of piperazine rings is 1. The van der Waals surface area contributed by atoms with Crippen LogP contribution in [0.1, 0.15) is 40.5 Å². The van der Waals surface area contributed by atoms with Gasteiger partial charge in [-0.1, -0.05) is 27.7 Å². The Morgan fingerprint density at radius 2 is 2.07 bits per heavy atom. The van der Waals surface area contributed by atoms with Crippen molar-refractivity contribution in [3.05, 3.63) is 0 Å². The lowest BCUT2D eigenvalue weighted by molar-refractivity contribution is 0.138. The van der Waals surface area contributed by atoms with E-state index in [1.807, 2.05) is 0 Å². The SMILES string of the molecule is CCC1CNCCN1CCC(C)(C)C. The van der Waals surface area contributed by atoms with Gasteiger partial charge in [0, 0.05) is 25.7 Å². The van der Waals surface area contributed by atoms with Crippen molar-refractivity contribution in [3.63, 3.8) is 0 Å². The van der Waals surface area contributed by atoms with Gasteiger partial charge in [0.2, 0.25) is 0 Å². The molecular formula is C12H26N2. The van der Waals surface area contributed by atoms with Crippen molar-refractivity contribution in [3.8, 4) is 0 Å². The molecule has 0 aromatic rings. The number of rotatable bonds is 3. The Balaban J connectivity index is 2.33. The summed E-state index contributed by atoms with van der Waals surface area (Å²) >= 11 is 0. The Labute approximate surface area is 89.1 Å². The van der Waals surface area contributed by atoms with Crippen LogP contribution in [0.2, 0.25) is 0 Å². The third-order valence-corrected chi connectivity index (χ3v) is 3.09. The number of hydrogen-bond donors (Lipinski definition) is 1. The third-order valence-electron chi connectivity index (χ3n) is 3.09. The number of hydrogen-bond acceptors (Lipinski definition) is 2. The van der Waals surface area contributed by atoms with E-state index in [2.05, 4.69) is 37.9 Å². The molecule has 0 bridgehead atoms. The molecule has 1 atom stereocenters. The van der Waals surface area contributed by atoms with Crippen LogP contribution in [-0.2, 0) is 0 Å². The molecule has 1 fully saturated rings. The summed E-state index contributed by atoms with van der Waals surface area (Å²) in [5, 5.41) is 3.47. The van der Waals surface area contributed by atoms with Crippen molar-refractivity contribution in [2.75, 3.05) is 26.2 Å². The molecule has 0 aromatic carbocycles. The Morgan fingerprint density at radius 1 is 1.36 bits per heavy atom. The van der Waals surface area contributed by atoms with Gasteiger partial charge in [-0.25, -0.2) is 0 Å². The molecule has 2 nitrogen and oxygen atoms in total. The van der Waals surface area contributed by atoms with Crippen LogP contribution >= 0.6 is 0 Å². The molecule has 2 heteroatoms. The highest BCUT2D eigenvalue weighted by Crippen LogP contribution is 2.20. The first-order valence-corrected chi connectivity index (χ1v) is 5.97. The first-order chi connectivity index (χ1) is 6.53. The fraction of sp³-hybridized carbons (Fsp3) is 1.00. The van der Waals surface area contributed by atoms with Gasteiger partial charge in [-0.2, -0.15) is 0 Å². The summed E-state index contributed by atoms with van der Waals surface area (Å²) in [6, 6.07) is 0.770. The highest BCUT2D eigenvalue weighted by molar-refractivity contribution is 4.79. The summed E-state index contributed by atoms with van der Waals surface area (Å²) in [6.07, 6.45) is 2.58. The van der Waals surface area contributed by atoms with E-state index in [0.717, 1.165) is 6.04 Å². The molecule has 14 heavy (non-hydrogen) atoms. The highest BCUT2D eigenvalue weighted by atomic mass is 15.2. The topological polar surface area (TPSA) is 15.3 Å². The van der Waals surface area contributed by atoms with Crippen LogP contribution in [0.3, 0.4) is 0 Å². The largest absolute Gasteiger partial charge is 0.314 e. The standard InChI is InChI=1S/C12H26N2/c1-5-11-10-13-7-9-14(11)8-6-12(2,3)4/h11,13H,5-10H2,1-4H3. The maximum Gasteiger partial charge on any atom is 0.0218 e. The van der Waals surface area contributed by atoms with Gasteiger partial charge in [0.1, 0.15) is 0 Å². The molecule has 1 aliphatic heterocycles. The van der Waals surface area contributed by atoms with Crippen molar-refractivity contribution < 1.29 is 0 Å². The van der Waals surface area contributed by atoms with E-state index >= 15 is 0 Å². The van der Waals surface area contributed by atoms with Crippen molar-refractivity contribution in [1.82, 2.24) is 10.2 Å². The summed E-state index contributed by atoms with van der Waals surface area (Å²) in [5.41, 5.74) is 0.475. The minimum Gasteiger partial charge on any atom is -0.314 e. The van der Waals surface area contributed by atoms with Crippen LogP contribution < -0.4 is 5.32 Å². The summed E-state index contributed by atoms with van der Waals surface area (Å²) in [7, 11) is 0. The van der Waals surface area contributed by atoms with Crippen molar-refractivity contribution in [2.45, 2.75) is 46.6 Å². The molecular weight excluding hydrogens is 172 g/mol. The van der Waals surface area contributed by atoms with Crippen molar-refractivity contribution in [1.29, 1.82) is 0 Å². The predicted molar refractivity (Wildman–Crippen MR) is 62.6 cm³/mol. The minimum atomic E-state index is 0.475. The van der Waals surface area contributed by atoms with Crippen molar-refractivity contribution in [2.24, 2.45) is 5.41 Å². The second-order valence-electron chi connectivity index (χ2n) is 5.61. The molecule has 1 N–H and O–H groups in total. The van der Waals surface area contributed by atoms with Crippen LogP contribution in [0.4, 0.5) is 0 Å². The van der Waals surface area contributed by atoms with Gasteiger partial charge in [-0.05, 0) is 24.8 Å². The second kappa shape index (κ2) is 5.13. The molecule has 0 radical (unpaired) electrons. The Bertz CT molecular complexity index is 160. The minimum absolute atomic E-state index is 0.475. The van der Waals surface area contributed by atoms with Gasteiger partial charge in [-0.3, -0.25) is 4.90 Å². The molecule has 84 valence electrons. The van der Waals surface area contributed by atoms with E-state index in [1.165, 1.54) is 39.0 Å². The van der Waals surface area contributed by atoms with Crippen molar-refractivity contribution >= 4 is 0 Å². The van der Waals surface area contributed by atoms with Gasteiger partial charge >= 0.3 is 0 Å². The molecule has 1 aliphatic rings. The average molecular weight is 198 g/mol. The summed E-state index contributed by atoms with van der Waals surface area (Å²) in [4.78, 5) is 2.65.